The van der Waals surface area contributed by atoms with Crippen LogP contribution in [-0.4, -0.2) is 11.9 Å². The highest BCUT2D eigenvalue weighted by molar-refractivity contribution is 9.10. The van der Waals surface area contributed by atoms with Crippen LogP contribution < -0.4 is 11.1 Å². The Bertz CT molecular complexity index is 572. The van der Waals surface area contributed by atoms with Crippen LogP contribution in [0.1, 0.15) is 12.0 Å². The Morgan fingerprint density at radius 3 is 2.60 bits per heavy atom. The fraction of sp³-hybridized carbons (Fsp3) is 0.188. The SMILES string of the molecule is NC(CCc1ccccc1)C(=O)Nc1cccc(Br)c1. The predicted octanol–water partition coefficient (Wildman–Crippen LogP) is 3.35. The fourth-order valence-corrected chi connectivity index (χ4v) is 2.30. The van der Waals surface area contributed by atoms with Crippen molar-refractivity contribution < 1.29 is 4.79 Å². The minimum Gasteiger partial charge on any atom is -0.325 e. The van der Waals surface area contributed by atoms with Gasteiger partial charge in [-0.05, 0) is 36.6 Å². The maximum Gasteiger partial charge on any atom is 0.241 e. The summed E-state index contributed by atoms with van der Waals surface area (Å²) in [6.07, 6.45) is 1.43. The molecule has 1 unspecified atom stereocenters. The number of halogens is 1. The summed E-state index contributed by atoms with van der Waals surface area (Å²) in [4.78, 5) is 12.0. The minimum atomic E-state index is -0.505. The van der Waals surface area contributed by atoms with Crippen molar-refractivity contribution in [2.75, 3.05) is 5.32 Å². The van der Waals surface area contributed by atoms with Crippen molar-refractivity contribution in [3.05, 3.63) is 64.6 Å². The number of amides is 1. The predicted molar refractivity (Wildman–Crippen MR) is 85.5 cm³/mol. The molecule has 0 spiro atoms. The average molecular weight is 333 g/mol. The first-order valence-corrected chi connectivity index (χ1v) is 7.30. The highest BCUT2D eigenvalue weighted by Crippen LogP contribution is 2.16. The molecule has 3 nitrogen and oxygen atoms in total. The van der Waals surface area contributed by atoms with Gasteiger partial charge in [-0.2, -0.15) is 0 Å². The highest BCUT2D eigenvalue weighted by atomic mass is 79.9. The van der Waals surface area contributed by atoms with Gasteiger partial charge in [0.15, 0.2) is 0 Å². The number of hydrogen-bond acceptors (Lipinski definition) is 2. The zero-order chi connectivity index (χ0) is 14.4. The monoisotopic (exact) mass is 332 g/mol. The van der Waals surface area contributed by atoms with Crippen molar-refractivity contribution in [1.29, 1.82) is 0 Å². The van der Waals surface area contributed by atoms with E-state index in [0.29, 0.717) is 6.42 Å². The lowest BCUT2D eigenvalue weighted by molar-refractivity contribution is -0.117. The second-order valence-electron chi connectivity index (χ2n) is 4.63. The van der Waals surface area contributed by atoms with Crippen LogP contribution in [0, 0.1) is 0 Å². The van der Waals surface area contributed by atoms with E-state index in [2.05, 4.69) is 21.2 Å². The Labute approximate surface area is 127 Å². The molecule has 0 bridgehead atoms. The molecule has 0 heterocycles. The summed E-state index contributed by atoms with van der Waals surface area (Å²) in [5.74, 6) is -0.154. The lowest BCUT2D eigenvalue weighted by Gasteiger charge is -2.12. The molecular formula is C16H17BrN2O. The summed E-state index contributed by atoms with van der Waals surface area (Å²) in [5, 5.41) is 2.82. The summed E-state index contributed by atoms with van der Waals surface area (Å²) in [6.45, 7) is 0. The summed E-state index contributed by atoms with van der Waals surface area (Å²) in [6, 6.07) is 17.0. The molecule has 0 aliphatic carbocycles. The Morgan fingerprint density at radius 2 is 1.90 bits per heavy atom. The maximum atomic E-state index is 12.0. The second-order valence-corrected chi connectivity index (χ2v) is 5.55. The molecule has 4 heteroatoms. The molecule has 3 N–H and O–H groups in total. The first-order valence-electron chi connectivity index (χ1n) is 6.51. The van der Waals surface area contributed by atoms with Crippen molar-refractivity contribution in [3.8, 4) is 0 Å². The number of rotatable bonds is 5. The highest BCUT2D eigenvalue weighted by Gasteiger charge is 2.13. The Morgan fingerprint density at radius 1 is 1.15 bits per heavy atom. The first kappa shape index (κ1) is 14.8. The molecule has 0 saturated heterocycles. The largest absolute Gasteiger partial charge is 0.325 e. The molecule has 0 aliphatic heterocycles. The third-order valence-corrected chi connectivity index (χ3v) is 3.51. The van der Waals surface area contributed by atoms with Gasteiger partial charge in [0, 0.05) is 10.2 Å². The molecule has 20 heavy (non-hydrogen) atoms. The van der Waals surface area contributed by atoms with Gasteiger partial charge in [-0.3, -0.25) is 4.79 Å². The van der Waals surface area contributed by atoms with Gasteiger partial charge in [0.1, 0.15) is 0 Å². The summed E-state index contributed by atoms with van der Waals surface area (Å²) in [7, 11) is 0. The van der Waals surface area contributed by atoms with E-state index in [9.17, 15) is 4.79 Å². The number of anilines is 1. The zero-order valence-corrected chi connectivity index (χ0v) is 12.6. The Hall–Kier alpha value is -1.65. The molecule has 2 rings (SSSR count). The van der Waals surface area contributed by atoms with Gasteiger partial charge < -0.3 is 11.1 Å². The van der Waals surface area contributed by atoms with E-state index in [4.69, 9.17) is 5.73 Å². The normalized spacial score (nSPS) is 11.9. The van der Waals surface area contributed by atoms with E-state index in [-0.39, 0.29) is 5.91 Å². The van der Waals surface area contributed by atoms with E-state index >= 15 is 0 Å². The van der Waals surface area contributed by atoms with Gasteiger partial charge in [-0.25, -0.2) is 0 Å². The van der Waals surface area contributed by atoms with E-state index in [0.717, 1.165) is 16.6 Å². The molecule has 1 atom stereocenters. The maximum absolute atomic E-state index is 12.0. The molecule has 2 aromatic rings. The van der Waals surface area contributed by atoms with Gasteiger partial charge in [-0.1, -0.05) is 52.3 Å². The number of nitrogens with one attached hydrogen (secondary N) is 1. The van der Waals surface area contributed by atoms with Crippen LogP contribution in [0.3, 0.4) is 0 Å². The Kier molecular flexibility index (Phi) is 5.32. The topological polar surface area (TPSA) is 55.1 Å². The molecule has 0 radical (unpaired) electrons. The van der Waals surface area contributed by atoms with Crippen molar-refractivity contribution >= 4 is 27.5 Å². The van der Waals surface area contributed by atoms with Crippen LogP contribution in [0.2, 0.25) is 0 Å². The van der Waals surface area contributed by atoms with Crippen LogP contribution in [0.15, 0.2) is 59.1 Å². The van der Waals surface area contributed by atoms with Gasteiger partial charge in [-0.15, -0.1) is 0 Å². The van der Waals surface area contributed by atoms with Crippen LogP contribution in [0.5, 0.6) is 0 Å². The molecule has 0 aliphatic rings. The summed E-state index contributed by atoms with van der Waals surface area (Å²) < 4.78 is 0.924. The lowest BCUT2D eigenvalue weighted by Crippen LogP contribution is -2.36. The summed E-state index contributed by atoms with van der Waals surface area (Å²) in [5.41, 5.74) is 7.87. The van der Waals surface area contributed by atoms with Crippen LogP contribution in [-0.2, 0) is 11.2 Å². The molecule has 0 saturated carbocycles. The van der Waals surface area contributed by atoms with Gasteiger partial charge in [0.25, 0.3) is 0 Å². The van der Waals surface area contributed by atoms with E-state index in [1.807, 2.05) is 54.6 Å². The zero-order valence-electron chi connectivity index (χ0n) is 11.1. The summed E-state index contributed by atoms with van der Waals surface area (Å²) >= 11 is 3.37. The second kappa shape index (κ2) is 7.22. The standard InChI is InChI=1S/C16H17BrN2O/c17-13-7-4-8-14(11-13)19-16(20)15(18)10-9-12-5-2-1-3-6-12/h1-8,11,15H,9-10,18H2,(H,19,20). The van der Waals surface area contributed by atoms with Crippen molar-refractivity contribution in [2.24, 2.45) is 5.73 Å². The van der Waals surface area contributed by atoms with Crippen molar-refractivity contribution in [3.63, 3.8) is 0 Å². The van der Waals surface area contributed by atoms with E-state index in [1.165, 1.54) is 5.56 Å². The van der Waals surface area contributed by atoms with Gasteiger partial charge >= 0.3 is 0 Å². The fourth-order valence-electron chi connectivity index (χ4n) is 1.90. The number of hydrogen-bond donors (Lipinski definition) is 2. The smallest absolute Gasteiger partial charge is 0.241 e. The van der Waals surface area contributed by atoms with Crippen molar-refractivity contribution in [1.82, 2.24) is 0 Å². The van der Waals surface area contributed by atoms with Crippen LogP contribution >= 0.6 is 15.9 Å². The molecular weight excluding hydrogens is 316 g/mol. The minimum absolute atomic E-state index is 0.154. The number of carbonyl (C=O) groups is 1. The molecule has 0 fully saturated rings. The first-order chi connectivity index (χ1) is 9.65. The third kappa shape index (κ3) is 4.47. The number of carbonyl (C=O) groups excluding carboxylic acids is 1. The van der Waals surface area contributed by atoms with E-state index < -0.39 is 6.04 Å². The molecule has 104 valence electrons. The third-order valence-electron chi connectivity index (χ3n) is 3.02. The number of aryl methyl sites for hydroxylation is 1. The number of benzene rings is 2. The van der Waals surface area contributed by atoms with Crippen LogP contribution in [0.25, 0.3) is 0 Å². The lowest BCUT2D eigenvalue weighted by atomic mass is 10.1. The molecule has 1 amide bonds. The van der Waals surface area contributed by atoms with Crippen molar-refractivity contribution in [2.45, 2.75) is 18.9 Å². The quantitative estimate of drug-likeness (QED) is 0.882. The number of nitrogens with two attached hydrogens (primary N) is 1. The average Bonchev–Trinajstić information content (AvgIpc) is 2.46. The van der Waals surface area contributed by atoms with E-state index in [1.54, 1.807) is 0 Å². The van der Waals surface area contributed by atoms with Gasteiger partial charge in [0.2, 0.25) is 5.91 Å². The Balaban J connectivity index is 1.86. The van der Waals surface area contributed by atoms with Crippen LogP contribution in [0.4, 0.5) is 5.69 Å². The van der Waals surface area contributed by atoms with Gasteiger partial charge in [0.05, 0.1) is 6.04 Å². The molecule has 0 aromatic heterocycles. The molecule has 2 aromatic carbocycles.